The van der Waals surface area contributed by atoms with Crippen LogP contribution in [0.4, 0.5) is 9.39 Å². The van der Waals surface area contributed by atoms with Crippen LogP contribution in [0.5, 0.6) is 0 Å². The molecular weight excluding hydrogens is 269 g/mol. The number of nitrogens with one attached hydrogen (secondary N) is 1. The molecule has 0 atom stereocenters. The van der Waals surface area contributed by atoms with Crippen molar-refractivity contribution >= 4 is 28.2 Å². The molecule has 0 aliphatic rings. The van der Waals surface area contributed by atoms with Crippen LogP contribution >= 0.6 is 11.3 Å². The summed E-state index contributed by atoms with van der Waals surface area (Å²) in [7, 11) is 0. The van der Waals surface area contributed by atoms with E-state index in [9.17, 15) is 14.0 Å². The number of anilines is 1. The number of hydrogen-bond donors (Lipinski definition) is 2. The zero-order chi connectivity index (χ0) is 14.0. The zero-order valence-corrected chi connectivity index (χ0v) is 10.8. The average Bonchev–Trinajstić information content (AvgIpc) is 2.71. The van der Waals surface area contributed by atoms with Gasteiger partial charge in [0.1, 0.15) is 10.7 Å². The molecule has 4 nitrogen and oxygen atoms in total. The molecule has 2 aromatic rings. The van der Waals surface area contributed by atoms with Crippen LogP contribution in [0.2, 0.25) is 0 Å². The predicted octanol–water partition coefficient (Wildman–Crippen LogP) is 3.15. The number of thiophene rings is 1. The number of amides is 1. The number of hydrogen-bond acceptors (Lipinski definition) is 3. The fourth-order valence-electron chi connectivity index (χ4n) is 1.54. The summed E-state index contributed by atoms with van der Waals surface area (Å²) in [6, 6.07) is 6.70. The van der Waals surface area contributed by atoms with Crippen molar-refractivity contribution in [2.45, 2.75) is 6.92 Å². The normalized spacial score (nSPS) is 10.2. The lowest BCUT2D eigenvalue weighted by atomic mass is 10.2. The molecule has 1 aromatic carbocycles. The Balaban J connectivity index is 2.17. The van der Waals surface area contributed by atoms with E-state index in [1.165, 1.54) is 24.3 Å². The van der Waals surface area contributed by atoms with Crippen molar-refractivity contribution in [1.82, 2.24) is 0 Å². The minimum Gasteiger partial charge on any atom is -0.477 e. The highest BCUT2D eigenvalue weighted by Crippen LogP contribution is 2.26. The van der Waals surface area contributed by atoms with Crippen molar-refractivity contribution in [2.24, 2.45) is 0 Å². The number of benzene rings is 1. The molecule has 0 aliphatic carbocycles. The summed E-state index contributed by atoms with van der Waals surface area (Å²) < 4.78 is 12.7. The molecule has 19 heavy (non-hydrogen) atoms. The monoisotopic (exact) mass is 279 g/mol. The highest BCUT2D eigenvalue weighted by atomic mass is 32.1. The maximum atomic E-state index is 12.7. The first-order valence-electron chi connectivity index (χ1n) is 5.38. The second kappa shape index (κ2) is 5.19. The second-order valence-corrected chi connectivity index (χ2v) is 4.94. The number of halogens is 1. The summed E-state index contributed by atoms with van der Waals surface area (Å²) in [6.07, 6.45) is 0. The molecule has 6 heteroatoms. The Morgan fingerprint density at radius 1 is 1.26 bits per heavy atom. The molecule has 0 aliphatic heterocycles. The van der Waals surface area contributed by atoms with Crippen molar-refractivity contribution < 1.29 is 19.1 Å². The van der Waals surface area contributed by atoms with Crippen molar-refractivity contribution in [2.75, 3.05) is 5.32 Å². The Bertz CT molecular complexity index is 634. The standard InChI is InChI=1S/C13H10FNO3S/c1-7-6-10(19-11(7)13(17)18)15-12(16)8-2-4-9(14)5-3-8/h2-6H,1H3,(H,15,16)(H,17,18). The van der Waals surface area contributed by atoms with Crippen LogP contribution in [-0.4, -0.2) is 17.0 Å². The number of rotatable bonds is 3. The first kappa shape index (κ1) is 13.2. The highest BCUT2D eigenvalue weighted by molar-refractivity contribution is 7.18. The van der Waals surface area contributed by atoms with Crippen molar-refractivity contribution in [1.29, 1.82) is 0 Å². The van der Waals surface area contributed by atoms with Gasteiger partial charge in [0.2, 0.25) is 0 Å². The predicted molar refractivity (Wildman–Crippen MR) is 70.4 cm³/mol. The number of carbonyl (C=O) groups is 2. The van der Waals surface area contributed by atoms with E-state index in [0.29, 0.717) is 16.1 Å². The summed E-state index contributed by atoms with van der Waals surface area (Å²) in [4.78, 5) is 22.9. The molecule has 2 rings (SSSR count). The molecule has 0 saturated heterocycles. The van der Waals surface area contributed by atoms with Gasteiger partial charge in [0, 0.05) is 5.56 Å². The van der Waals surface area contributed by atoms with Gasteiger partial charge < -0.3 is 10.4 Å². The van der Waals surface area contributed by atoms with Crippen LogP contribution < -0.4 is 5.32 Å². The fraction of sp³-hybridized carbons (Fsp3) is 0.0769. The van der Waals surface area contributed by atoms with E-state index in [-0.39, 0.29) is 4.88 Å². The summed E-state index contributed by atoms with van der Waals surface area (Å²) in [5.41, 5.74) is 0.899. The molecular formula is C13H10FNO3S. The van der Waals surface area contributed by atoms with E-state index >= 15 is 0 Å². The van der Waals surface area contributed by atoms with Gasteiger partial charge in [-0.25, -0.2) is 9.18 Å². The van der Waals surface area contributed by atoms with Gasteiger partial charge in [-0.2, -0.15) is 0 Å². The molecule has 2 N–H and O–H groups in total. The molecule has 0 spiro atoms. The van der Waals surface area contributed by atoms with E-state index in [1.54, 1.807) is 13.0 Å². The Kier molecular flexibility index (Phi) is 3.62. The number of aryl methyl sites for hydroxylation is 1. The van der Waals surface area contributed by atoms with Crippen LogP contribution in [0.3, 0.4) is 0 Å². The molecule has 1 aromatic heterocycles. The molecule has 0 saturated carbocycles. The van der Waals surface area contributed by atoms with Crippen molar-refractivity contribution in [3.63, 3.8) is 0 Å². The van der Waals surface area contributed by atoms with Gasteiger partial charge in [-0.3, -0.25) is 4.79 Å². The minimum absolute atomic E-state index is 0.189. The van der Waals surface area contributed by atoms with E-state index in [2.05, 4.69) is 5.32 Å². The van der Waals surface area contributed by atoms with Gasteiger partial charge >= 0.3 is 5.97 Å². The Morgan fingerprint density at radius 3 is 2.42 bits per heavy atom. The topological polar surface area (TPSA) is 66.4 Å². The summed E-state index contributed by atoms with van der Waals surface area (Å²) in [5.74, 6) is -1.85. The van der Waals surface area contributed by atoms with E-state index in [4.69, 9.17) is 5.11 Å². The molecule has 0 radical (unpaired) electrons. The van der Waals surface area contributed by atoms with E-state index < -0.39 is 17.7 Å². The summed E-state index contributed by atoms with van der Waals surface area (Å²) in [5, 5.41) is 12.0. The van der Waals surface area contributed by atoms with Crippen molar-refractivity contribution in [3.05, 3.63) is 52.2 Å². The Hall–Kier alpha value is -2.21. The Labute approximate surface area is 112 Å². The van der Waals surface area contributed by atoms with Crippen LogP contribution in [0.15, 0.2) is 30.3 Å². The minimum atomic E-state index is -1.02. The number of carbonyl (C=O) groups excluding carboxylic acids is 1. The van der Waals surface area contributed by atoms with Gasteiger partial charge in [0.05, 0.1) is 5.00 Å². The molecule has 1 heterocycles. The third-order valence-corrected chi connectivity index (χ3v) is 3.60. The first-order valence-corrected chi connectivity index (χ1v) is 6.19. The summed E-state index contributed by atoms with van der Waals surface area (Å²) in [6.45, 7) is 1.66. The second-order valence-electron chi connectivity index (χ2n) is 3.89. The lowest BCUT2D eigenvalue weighted by molar-refractivity contribution is 0.0701. The van der Waals surface area contributed by atoms with E-state index in [1.807, 2.05) is 0 Å². The highest BCUT2D eigenvalue weighted by Gasteiger charge is 2.14. The lowest BCUT2D eigenvalue weighted by Gasteiger charge is -2.01. The number of carboxylic acids is 1. The quantitative estimate of drug-likeness (QED) is 0.907. The van der Waals surface area contributed by atoms with Crippen LogP contribution in [0, 0.1) is 12.7 Å². The smallest absolute Gasteiger partial charge is 0.346 e. The van der Waals surface area contributed by atoms with Gasteiger partial charge in [-0.1, -0.05) is 0 Å². The van der Waals surface area contributed by atoms with Crippen LogP contribution in [0.1, 0.15) is 25.6 Å². The van der Waals surface area contributed by atoms with Gasteiger partial charge in [0.25, 0.3) is 5.91 Å². The average molecular weight is 279 g/mol. The van der Waals surface area contributed by atoms with E-state index in [0.717, 1.165) is 11.3 Å². The van der Waals surface area contributed by atoms with Gasteiger partial charge in [0.15, 0.2) is 0 Å². The fourth-order valence-corrected chi connectivity index (χ4v) is 2.45. The largest absolute Gasteiger partial charge is 0.477 e. The number of aromatic carboxylic acids is 1. The maximum absolute atomic E-state index is 12.7. The van der Waals surface area contributed by atoms with Crippen LogP contribution in [0.25, 0.3) is 0 Å². The van der Waals surface area contributed by atoms with Crippen molar-refractivity contribution in [3.8, 4) is 0 Å². The molecule has 0 fully saturated rings. The molecule has 0 unspecified atom stereocenters. The molecule has 98 valence electrons. The summed E-state index contributed by atoms with van der Waals surface area (Å²) >= 11 is 0.988. The third-order valence-electron chi connectivity index (χ3n) is 2.46. The maximum Gasteiger partial charge on any atom is 0.346 e. The van der Waals surface area contributed by atoms with Gasteiger partial charge in [-0.05, 0) is 42.8 Å². The Morgan fingerprint density at radius 2 is 1.89 bits per heavy atom. The van der Waals surface area contributed by atoms with Gasteiger partial charge in [-0.15, -0.1) is 11.3 Å². The third kappa shape index (κ3) is 2.97. The van der Waals surface area contributed by atoms with Crippen LogP contribution in [-0.2, 0) is 0 Å². The lowest BCUT2D eigenvalue weighted by Crippen LogP contribution is -2.10. The molecule has 0 bridgehead atoms. The SMILES string of the molecule is Cc1cc(NC(=O)c2ccc(F)cc2)sc1C(=O)O. The molecule has 1 amide bonds. The first-order chi connectivity index (χ1) is 8.97. The zero-order valence-electron chi connectivity index (χ0n) is 9.94. The number of carboxylic acid groups (broad SMARTS) is 1.